The fourth-order valence-electron chi connectivity index (χ4n) is 3.17. The highest BCUT2D eigenvalue weighted by molar-refractivity contribution is 5.95. The molecule has 22 heavy (non-hydrogen) atoms. The Balaban J connectivity index is 2.37. The molecule has 0 saturated heterocycles. The first-order valence-electron chi connectivity index (χ1n) is 7.76. The minimum Gasteiger partial charge on any atom is -0.489 e. The summed E-state index contributed by atoms with van der Waals surface area (Å²) in [5, 5.41) is 0. The van der Waals surface area contributed by atoms with E-state index >= 15 is 0 Å². The largest absolute Gasteiger partial charge is 0.489 e. The van der Waals surface area contributed by atoms with Crippen molar-refractivity contribution in [3.63, 3.8) is 0 Å². The number of hydrogen-bond donors (Lipinski definition) is 1. The van der Waals surface area contributed by atoms with Crippen LogP contribution in [0.2, 0.25) is 0 Å². The van der Waals surface area contributed by atoms with Crippen molar-refractivity contribution < 1.29 is 13.9 Å². The zero-order chi connectivity index (χ0) is 16.5. The van der Waals surface area contributed by atoms with Crippen molar-refractivity contribution in [3.8, 4) is 5.75 Å². The second-order valence-corrected chi connectivity index (χ2v) is 6.80. The van der Waals surface area contributed by atoms with Crippen LogP contribution in [0.1, 0.15) is 50.0 Å². The van der Waals surface area contributed by atoms with Crippen LogP contribution in [0.5, 0.6) is 5.75 Å². The van der Waals surface area contributed by atoms with E-state index in [1.807, 2.05) is 0 Å². The maximum absolute atomic E-state index is 13.9. The number of carbonyl (C=O) groups is 1. The summed E-state index contributed by atoms with van der Waals surface area (Å²) in [7, 11) is 0. The molecule has 1 unspecified atom stereocenters. The number of primary amides is 1. The third-order valence-electron chi connectivity index (χ3n) is 4.10. The van der Waals surface area contributed by atoms with Gasteiger partial charge in [0.2, 0.25) is 5.91 Å². The van der Waals surface area contributed by atoms with Gasteiger partial charge in [-0.2, -0.15) is 0 Å². The summed E-state index contributed by atoms with van der Waals surface area (Å²) in [6.07, 6.45) is 1.59. The van der Waals surface area contributed by atoms with Crippen molar-refractivity contribution in [3.05, 3.63) is 29.1 Å². The smallest absolute Gasteiger partial charge is 0.249 e. The molecular formula is C17H25FN2O2. The topological polar surface area (TPSA) is 55.6 Å². The summed E-state index contributed by atoms with van der Waals surface area (Å²) < 4.78 is 19.6. The fraction of sp³-hybridized carbons (Fsp3) is 0.588. The standard InChI is InChI=1S/C17H25FN2O2/c1-5-8-20(17(2,3)4)11-9-13-12(16(19)21)6-7-14(18)15(13)22-10-11/h6-7,11H,5,8-10H2,1-4H3,(H2,19,21). The van der Waals surface area contributed by atoms with E-state index in [1.165, 1.54) is 12.1 Å². The lowest BCUT2D eigenvalue weighted by molar-refractivity contribution is 0.0423. The zero-order valence-corrected chi connectivity index (χ0v) is 13.8. The molecule has 122 valence electrons. The van der Waals surface area contributed by atoms with Crippen LogP contribution in [0, 0.1) is 5.82 Å². The molecule has 0 radical (unpaired) electrons. The molecule has 5 heteroatoms. The van der Waals surface area contributed by atoms with E-state index in [1.54, 1.807) is 0 Å². The van der Waals surface area contributed by atoms with Crippen molar-refractivity contribution in [2.75, 3.05) is 13.2 Å². The number of hydrogen-bond acceptors (Lipinski definition) is 3. The number of fused-ring (bicyclic) bond motifs is 1. The average Bonchev–Trinajstić information content (AvgIpc) is 2.43. The molecule has 0 saturated carbocycles. The first-order valence-corrected chi connectivity index (χ1v) is 7.76. The Hall–Kier alpha value is -1.62. The van der Waals surface area contributed by atoms with E-state index < -0.39 is 11.7 Å². The number of nitrogens with two attached hydrogens (primary N) is 1. The van der Waals surface area contributed by atoms with Gasteiger partial charge in [-0.3, -0.25) is 9.69 Å². The average molecular weight is 308 g/mol. The first kappa shape index (κ1) is 16.7. The Labute approximate surface area is 131 Å². The molecule has 1 aromatic rings. The first-order chi connectivity index (χ1) is 10.3. The van der Waals surface area contributed by atoms with Gasteiger partial charge in [0.05, 0.1) is 0 Å². The van der Waals surface area contributed by atoms with Gasteiger partial charge in [0.1, 0.15) is 6.61 Å². The quantitative estimate of drug-likeness (QED) is 0.930. The summed E-state index contributed by atoms with van der Waals surface area (Å²) >= 11 is 0. The molecule has 1 aliphatic rings. The molecule has 2 N–H and O–H groups in total. The molecular weight excluding hydrogens is 283 g/mol. The molecule has 1 atom stereocenters. The third kappa shape index (κ3) is 3.24. The summed E-state index contributed by atoms with van der Waals surface area (Å²) in [6.45, 7) is 9.93. The molecule has 1 aromatic carbocycles. The molecule has 2 rings (SSSR count). The van der Waals surface area contributed by atoms with E-state index in [0.717, 1.165) is 13.0 Å². The predicted octanol–water partition coefficient (Wildman–Crippen LogP) is 2.74. The number of ether oxygens (including phenoxy) is 1. The molecule has 1 heterocycles. The van der Waals surface area contributed by atoms with Gasteiger partial charge >= 0.3 is 0 Å². The van der Waals surface area contributed by atoms with Crippen LogP contribution in [-0.2, 0) is 6.42 Å². The minimum atomic E-state index is -0.543. The summed E-state index contributed by atoms with van der Waals surface area (Å²) in [5.74, 6) is -0.799. The van der Waals surface area contributed by atoms with Crippen LogP contribution >= 0.6 is 0 Å². The normalized spacial score (nSPS) is 18.0. The highest BCUT2D eigenvalue weighted by atomic mass is 19.1. The zero-order valence-electron chi connectivity index (χ0n) is 13.8. The molecule has 0 aliphatic carbocycles. The fourth-order valence-corrected chi connectivity index (χ4v) is 3.17. The molecule has 0 bridgehead atoms. The summed E-state index contributed by atoms with van der Waals surface area (Å²) in [6, 6.07) is 2.79. The lowest BCUT2D eigenvalue weighted by atomic mass is 9.92. The van der Waals surface area contributed by atoms with E-state index in [9.17, 15) is 9.18 Å². The van der Waals surface area contributed by atoms with Crippen molar-refractivity contribution in [1.82, 2.24) is 4.90 Å². The molecule has 0 fully saturated rings. The molecule has 1 amide bonds. The second-order valence-electron chi connectivity index (χ2n) is 6.80. The number of halogens is 1. The number of rotatable bonds is 4. The van der Waals surface area contributed by atoms with E-state index in [4.69, 9.17) is 10.5 Å². The Morgan fingerprint density at radius 2 is 2.14 bits per heavy atom. The number of benzene rings is 1. The van der Waals surface area contributed by atoms with Gasteiger partial charge in [-0.1, -0.05) is 6.92 Å². The van der Waals surface area contributed by atoms with Crippen LogP contribution in [0.15, 0.2) is 12.1 Å². The maximum atomic E-state index is 13.9. The van der Waals surface area contributed by atoms with Crippen LogP contribution in [0.25, 0.3) is 0 Å². The van der Waals surface area contributed by atoms with Gasteiger partial charge in [-0.25, -0.2) is 4.39 Å². The minimum absolute atomic E-state index is 0.0260. The van der Waals surface area contributed by atoms with Crippen LogP contribution in [-0.4, -0.2) is 35.5 Å². The molecule has 0 spiro atoms. The van der Waals surface area contributed by atoms with Crippen LogP contribution < -0.4 is 10.5 Å². The van der Waals surface area contributed by atoms with Crippen molar-refractivity contribution >= 4 is 5.91 Å². The van der Waals surface area contributed by atoms with Crippen molar-refractivity contribution in [2.24, 2.45) is 5.73 Å². The van der Waals surface area contributed by atoms with Gasteiger partial charge < -0.3 is 10.5 Å². The SMILES string of the molecule is CCCN(C1COc2c(F)ccc(C(N)=O)c2C1)C(C)(C)C. The lowest BCUT2D eigenvalue weighted by Crippen LogP contribution is -2.53. The second kappa shape index (κ2) is 6.24. The van der Waals surface area contributed by atoms with Gasteiger partial charge in [0.25, 0.3) is 0 Å². The van der Waals surface area contributed by atoms with E-state index in [0.29, 0.717) is 24.2 Å². The van der Waals surface area contributed by atoms with Crippen LogP contribution in [0.4, 0.5) is 4.39 Å². The van der Waals surface area contributed by atoms with Gasteiger partial charge in [0, 0.05) is 22.7 Å². The Morgan fingerprint density at radius 3 is 2.68 bits per heavy atom. The highest BCUT2D eigenvalue weighted by Crippen LogP contribution is 2.34. The van der Waals surface area contributed by atoms with Gasteiger partial charge in [-0.05, 0) is 52.3 Å². The van der Waals surface area contributed by atoms with E-state index in [-0.39, 0.29) is 17.3 Å². The third-order valence-corrected chi connectivity index (χ3v) is 4.10. The van der Waals surface area contributed by atoms with Gasteiger partial charge in [0.15, 0.2) is 11.6 Å². The van der Waals surface area contributed by atoms with Crippen molar-refractivity contribution in [1.29, 1.82) is 0 Å². The Kier molecular flexibility index (Phi) is 4.75. The summed E-state index contributed by atoms with van der Waals surface area (Å²) in [5.41, 5.74) is 6.34. The predicted molar refractivity (Wildman–Crippen MR) is 84.7 cm³/mol. The lowest BCUT2D eigenvalue weighted by Gasteiger charge is -2.43. The number of amides is 1. The van der Waals surface area contributed by atoms with E-state index in [2.05, 4.69) is 32.6 Å². The molecule has 4 nitrogen and oxygen atoms in total. The summed E-state index contributed by atoms with van der Waals surface area (Å²) in [4.78, 5) is 14.0. The highest BCUT2D eigenvalue weighted by Gasteiger charge is 2.34. The Morgan fingerprint density at radius 1 is 1.45 bits per heavy atom. The molecule has 0 aromatic heterocycles. The Bertz CT molecular complexity index is 567. The van der Waals surface area contributed by atoms with Gasteiger partial charge in [-0.15, -0.1) is 0 Å². The number of nitrogens with zero attached hydrogens (tertiary/aromatic N) is 1. The molecule has 1 aliphatic heterocycles. The number of carbonyl (C=O) groups excluding carboxylic acids is 1. The van der Waals surface area contributed by atoms with Crippen molar-refractivity contribution in [2.45, 2.75) is 52.1 Å². The maximum Gasteiger partial charge on any atom is 0.249 e. The van der Waals surface area contributed by atoms with Crippen LogP contribution in [0.3, 0.4) is 0 Å². The monoisotopic (exact) mass is 308 g/mol.